The van der Waals surface area contributed by atoms with E-state index in [1.165, 1.54) is 18.2 Å². The Bertz CT molecular complexity index is 461. The molecule has 3 nitrogen and oxygen atoms in total. The number of hydrogen-bond acceptors (Lipinski definition) is 2. The maximum Gasteiger partial charge on any atom is 0.289 e. The third-order valence-electron chi connectivity index (χ3n) is 1.65. The molecule has 0 unspecified atom stereocenters. The molecule has 0 saturated heterocycles. The van der Waals surface area contributed by atoms with Gasteiger partial charge in [-0.3, -0.25) is 0 Å². The van der Waals surface area contributed by atoms with Crippen LogP contribution < -0.4 is 5.14 Å². The van der Waals surface area contributed by atoms with Gasteiger partial charge in [0.05, 0.1) is 0 Å². The summed E-state index contributed by atoms with van der Waals surface area (Å²) in [5.41, 5.74) is -0.541. The summed E-state index contributed by atoms with van der Waals surface area (Å²) in [6.45, 7) is 0. The van der Waals surface area contributed by atoms with Gasteiger partial charge in [-0.15, -0.1) is 0 Å². The molecule has 0 aliphatic rings. The van der Waals surface area contributed by atoms with Crippen LogP contribution in [0.25, 0.3) is 0 Å². The van der Waals surface area contributed by atoms with Gasteiger partial charge in [0.25, 0.3) is 5.92 Å². The number of primary sulfonamides is 1. The van der Waals surface area contributed by atoms with Crippen molar-refractivity contribution in [1.29, 1.82) is 0 Å². The van der Waals surface area contributed by atoms with Crippen molar-refractivity contribution in [3.8, 4) is 0 Å². The second-order valence-corrected chi connectivity index (χ2v) is 5.01. The van der Waals surface area contributed by atoms with Crippen molar-refractivity contribution in [1.82, 2.24) is 0 Å². The van der Waals surface area contributed by atoms with E-state index in [9.17, 15) is 17.2 Å². The molecule has 1 aromatic carbocycles. The van der Waals surface area contributed by atoms with Crippen LogP contribution in [0.15, 0.2) is 24.3 Å². The summed E-state index contributed by atoms with van der Waals surface area (Å²) >= 11 is 5.52. The highest BCUT2D eigenvalue weighted by Crippen LogP contribution is 2.33. The second kappa shape index (κ2) is 4.03. The van der Waals surface area contributed by atoms with E-state index in [1.54, 1.807) is 0 Å². The standard InChI is InChI=1S/C8H8ClF2NO2S/c9-7-4-2-1-3-6(7)8(10,11)5-15(12,13)14/h1-4H,5H2,(H2,12,13,14). The Morgan fingerprint density at radius 2 is 1.87 bits per heavy atom. The van der Waals surface area contributed by atoms with Gasteiger partial charge in [0.2, 0.25) is 10.0 Å². The zero-order valence-corrected chi connectivity index (χ0v) is 9.02. The number of rotatable bonds is 3. The first-order valence-corrected chi connectivity index (χ1v) is 5.95. The highest BCUT2D eigenvalue weighted by Gasteiger charge is 2.37. The van der Waals surface area contributed by atoms with E-state index >= 15 is 0 Å². The number of alkyl halides is 2. The first kappa shape index (κ1) is 12.4. The Kier molecular flexibility index (Phi) is 3.32. The molecule has 0 bridgehead atoms. The first-order chi connectivity index (χ1) is 6.72. The molecule has 0 amide bonds. The average molecular weight is 256 g/mol. The van der Waals surface area contributed by atoms with Gasteiger partial charge in [-0.2, -0.15) is 0 Å². The zero-order chi connectivity index (χ0) is 11.7. The molecule has 15 heavy (non-hydrogen) atoms. The van der Waals surface area contributed by atoms with Crippen LogP contribution in [0.4, 0.5) is 8.78 Å². The summed E-state index contributed by atoms with van der Waals surface area (Å²) in [6.07, 6.45) is 0. The summed E-state index contributed by atoms with van der Waals surface area (Å²) in [5.74, 6) is -5.03. The molecule has 0 saturated carbocycles. The van der Waals surface area contributed by atoms with Gasteiger partial charge in [-0.1, -0.05) is 29.8 Å². The number of halogens is 3. The first-order valence-electron chi connectivity index (χ1n) is 3.86. The maximum absolute atomic E-state index is 13.4. The Morgan fingerprint density at radius 3 is 2.33 bits per heavy atom. The highest BCUT2D eigenvalue weighted by molar-refractivity contribution is 7.89. The van der Waals surface area contributed by atoms with Crippen molar-refractivity contribution < 1.29 is 17.2 Å². The van der Waals surface area contributed by atoms with Crippen LogP contribution in [-0.4, -0.2) is 14.2 Å². The minimum atomic E-state index is -4.26. The summed E-state index contributed by atoms with van der Waals surface area (Å²) in [6, 6.07) is 5.14. The van der Waals surface area contributed by atoms with Gasteiger partial charge < -0.3 is 0 Å². The molecule has 0 heterocycles. The van der Waals surface area contributed by atoms with Crippen LogP contribution in [0.1, 0.15) is 5.56 Å². The van der Waals surface area contributed by atoms with Crippen molar-refractivity contribution in [2.24, 2.45) is 5.14 Å². The lowest BCUT2D eigenvalue weighted by atomic mass is 10.1. The molecule has 7 heteroatoms. The number of benzene rings is 1. The van der Waals surface area contributed by atoms with E-state index in [1.807, 2.05) is 0 Å². The summed E-state index contributed by atoms with van der Waals surface area (Å²) in [4.78, 5) is 0. The van der Waals surface area contributed by atoms with Crippen molar-refractivity contribution in [2.75, 3.05) is 5.75 Å². The Labute approximate surface area is 90.9 Å². The van der Waals surface area contributed by atoms with E-state index in [4.69, 9.17) is 11.6 Å². The Hall–Kier alpha value is -0.720. The van der Waals surface area contributed by atoms with E-state index in [2.05, 4.69) is 5.14 Å². The van der Waals surface area contributed by atoms with Crippen LogP contribution >= 0.6 is 11.6 Å². The third kappa shape index (κ3) is 3.40. The van der Waals surface area contributed by atoms with Gasteiger partial charge in [0.1, 0.15) is 5.75 Å². The molecule has 0 atom stereocenters. The van der Waals surface area contributed by atoms with Crippen molar-refractivity contribution >= 4 is 21.6 Å². The van der Waals surface area contributed by atoms with Crippen molar-refractivity contribution in [3.05, 3.63) is 34.9 Å². The molecule has 84 valence electrons. The van der Waals surface area contributed by atoms with Gasteiger partial charge in [0, 0.05) is 10.6 Å². The molecule has 0 aromatic heterocycles. The topological polar surface area (TPSA) is 60.2 Å². The van der Waals surface area contributed by atoms with Gasteiger partial charge >= 0.3 is 0 Å². The summed E-state index contributed by atoms with van der Waals surface area (Å²) in [7, 11) is -4.26. The number of nitrogens with two attached hydrogens (primary N) is 1. The minimum Gasteiger partial charge on any atom is -0.229 e. The molecule has 0 fully saturated rings. The fraction of sp³-hybridized carbons (Fsp3) is 0.250. The SMILES string of the molecule is NS(=O)(=O)CC(F)(F)c1ccccc1Cl. The van der Waals surface area contributed by atoms with E-state index in [-0.39, 0.29) is 5.02 Å². The van der Waals surface area contributed by atoms with E-state index < -0.39 is 27.3 Å². The number of sulfonamides is 1. The second-order valence-electron chi connectivity index (χ2n) is 2.99. The van der Waals surface area contributed by atoms with E-state index in [0.717, 1.165) is 6.07 Å². The lowest BCUT2D eigenvalue weighted by Gasteiger charge is -2.16. The fourth-order valence-electron chi connectivity index (χ4n) is 1.09. The van der Waals surface area contributed by atoms with Crippen LogP contribution in [0.2, 0.25) is 5.02 Å². The lowest BCUT2D eigenvalue weighted by Crippen LogP contribution is -2.30. The van der Waals surface area contributed by atoms with Crippen molar-refractivity contribution in [2.45, 2.75) is 5.92 Å². The monoisotopic (exact) mass is 255 g/mol. The van der Waals surface area contributed by atoms with E-state index in [0.29, 0.717) is 0 Å². The molecule has 1 rings (SSSR count). The summed E-state index contributed by atoms with van der Waals surface area (Å²) < 4.78 is 47.9. The third-order valence-corrected chi connectivity index (χ3v) is 2.74. The van der Waals surface area contributed by atoms with Gasteiger partial charge in [-0.25, -0.2) is 22.3 Å². The Balaban J connectivity index is 3.12. The largest absolute Gasteiger partial charge is 0.289 e. The highest BCUT2D eigenvalue weighted by atomic mass is 35.5. The van der Waals surface area contributed by atoms with Crippen molar-refractivity contribution in [3.63, 3.8) is 0 Å². The smallest absolute Gasteiger partial charge is 0.229 e. The lowest BCUT2D eigenvalue weighted by molar-refractivity contribution is 0.0214. The van der Waals surface area contributed by atoms with Crippen LogP contribution in [0, 0.1) is 0 Å². The quantitative estimate of drug-likeness (QED) is 0.894. The average Bonchev–Trinajstić information content (AvgIpc) is 1.99. The van der Waals surface area contributed by atoms with Crippen LogP contribution in [0.5, 0.6) is 0 Å². The molecule has 1 aromatic rings. The Morgan fingerprint density at radius 1 is 1.33 bits per heavy atom. The van der Waals surface area contributed by atoms with Gasteiger partial charge in [-0.05, 0) is 6.07 Å². The maximum atomic E-state index is 13.4. The molecular weight excluding hydrogens is 248 g/mol. The number of hydrogen-bond donors (Lipinski definition) is 1. The van der Waals surface area contributed by atoms with Gasteiger partial charge in [0.15, 0.2) is 0 Å². The molecular formula is C8H8ClF2NO2S. The summed E-state index contributed by atoms with van der Waals surface area (Å²) in [5, 5.41) is 4.37. The molecule has 0 aliphatic heterocycles. The van der Waals surface area contributed by atoms with Crippen LogP contribution in [0.3, 0.4) is 0 Å². The molecule has 0 spiro atoms. The molecule has 0 radical (unpaired) electrons. The predicted octanol–water partition coefficient (Wildman–Crippen LogP) is 1.72. The minimum absolute atomic E-state index is 0.189. The molecule has 2 N–H and O–H groups in total. The van der Waals surface area contributed by atoms with Crippen LogP contribution in [-0.2, 0) is 15.9 Å². The predicted molar refractivity (Wildman–Crippen MR) is 53.3 cm³/mol. The molecule has 0 aliphatic carbocycles. The fourth-order valence-corrected chi connectivity index (χ4v) is 2.02. The normalized spacial score (nSPS) is 12.8. The zero-order valence-electron chi connectivity index (χ0n) is 7.45.